The summed E-state index contributed by atoms with van der Waals surface area (Å²) in [4.78, 5) is 12.0. The molecule has 0 radical (unpaired) electrons. The third-order valence-corrected chi connectivity index (χ3v) is 3.98. The van der Waals surface area contributed by atoms with Crippen molar-refractivity contribution in [3.05, 3.63) is 59.2 Å². The van der Waals surface area contributed by atoms with E-state index in [-0.39, 0.29) is 5.91 Å². The van der Waals surface area contributed by atoms with Gasteiger partial charge in [-0.2, -0.15) is 0 Å². The van der Waals surface area contributed by atoms with Crippen LogP contribution < -0.4 is 14.8 Å². The maximum absolute atomic E-state index is 12.0. The van der Waals surface area contributed by atoms with Gasteiger partial charge in [0.15, 0.2) is 0 Å². The number of aryl methyl sites for hydroxylation is 2. The molecule has 0 aliphatic heterocycles. The van der Waals surface area contributed by atoms with E-state index in [1.807, 2.05) is 37.3 Å². The molecule has 0 spiro atoms. The van der Waals surface area contributed by atoms with Gasteiger partial charge in [-0.25, -0.2) is 0 Å². The summed E-state index contributed by atoms with van der Waals surface area (Å²) in [5, 5.41) is 2.89. The molecule has 0 bridgehead atoms. The summed E-state index contributed by atoms with van der Waals surface area (Å²) < 4.78 is 10.9. The molecule has 2 aromatic rings. The fourth-order valence-electron chi connectivity index (χ4n) is 2.70. The van der Waals surface area contributed by atoms with Crippen LogP contribution in [0.2, 0.25) is 0 Å². The molecule has 1 amide bonds. The van der Waals surface area contributed by atoms with E-state index < -0.39 is 0 Å². The summed E-state index contributed by atoms with van der Waals surface area (Å²) in [5.41, 5.74) is 3.32. The molecule has 2 aromatic carbocycles. The van der Waals surface area contributed by atoms with Gasteiger partial charge in [0, 0.05) is 0 Å². The predicted octanol–water partition coefficient (Wildman–Crippen LogP) is 3.69. The molecule has 0 aromatic heterocycles. The van der Waals surface area contributed by atoms with Crippen molar-refractivity contribution in [2.75, 3.05) is 20.3 Å². The molecule has 25 heavy (non-hydrogen) atoms. The lowest BCUT2D eigenvalue weighted by Crippen LogP contribution is -2.29. The highest BCUT2D eigenvalue weighted by Crippen LogP contribution is 2.18. The Morgan fingerprint density at radius 3 is 2.44 bits per heavy atom. The van der Waals surface area contributed by atoms with E-state index in [9.17, 15) is 4.79 Å². The van der Waals surface area contributed by atoms with Gasteiger partial charge in [-0.1, -0.05) is 37.6 Å². The minimum atomic E-state index is -0.00791. The van der Waals surface area contributed by atoms with E-state index in [1.54, 1.807) is 7.11 Å². The van der Waals surface area contributed by atoms with Crippen molar-refractivity contribution >= 4 is 5.91 Å². The molecule has 2 rings (SSSR count). The van der Waals surface area contributed by atoms with Crippen molar-refractivity contribution in [1.29, 1.82) is 0 Å². The van der Waals surface area contributed by atoms with Crippen LogP contribution in [0.5, 0.6) is 11.5 Å². The monoisotopic (exact) mass is 341 g/mol. The Hall–Kier alpha value is -2.49. The van der Waals surface area contributed by atoms with Gasteiger partial charge in [-0.05, 0) is 48.2 Å². The number of methoxy groups -OCH3 is 1. The highest BCUT2D eigenvalue weighted by Gasteiger charge is 2.05. The van der Waals surface area contributed by atoms with Crippen LogP contribution in [0, 0.1) is 6.92 Å². The molecule has 0 heterocycles. The van der Waals surface area contributed by atoms with Crippen molar-refractivity contribution in [2.45, 2.75) is 33.1 Å². The van der Waals surface area contributed by atoms with Gasteiger partial charge >= 0.3 is 0 Å². The van der Waals surface area contributed by atoms with Crippen LogP contribution in [0.1, 0.15) is 30.0 Å². The van der Waals surface area contributed by atoms with Gasteiger partial charge in [0.2, 0.25) is 5.91 Å². The Labute approximate surface area is 150 Å². The first-order valence-corrected chi connectivity index (χ1v) is 8.74. The number of hydrogen-bond acceptors (Lipinski definition) is 3. The van der Waals surface area contributed by atoms with Crippen LogP contribution in [0.25, 0.3) is 0 Å². The van der Waals surface area contributed by atoms with Crippen LogP contribution >= 0.6 is 0 Å². The smallest absolute Gasteiger partial charge is 0.224 e. The first-order valence-electron chi connectivity index (χ1n) is 8.74. The molecule has 4 nitrogen and oxygen atoms in total. The lowest BCUT2D eigenvalue weighted by Gasteiger charge is -2.10. The number of amides is 1. The van der Waals surface area contributed by atoms with Gasteiger partial charge in [-0.3, -0.25) is 4.79 Å². The molecular formula is C21H27NO3. The molecular weight excluding hydrogens is 314 g/mol. The summed E-state index contributed by atoms with van der Waals surface area (Å²) in [5.74, 6) is 1.66. The fraction of sp³-hybridized carbons (Fsp3) is 0.381. The Kier molecular flexibility index (Phi) is 7.33. The first kappa shape index (κ1) is 18.8. The summed E-state index contributed by atoms with van der Waals surface area (Å²) in [6.07, 6.45) is 2.58. The normalized spacial score (nSPS) is 10.4. The van der Waals surface area contributed by atoms with Crippen molar-refractivity contribution < 1.29 is 14.3 Å². The second-order valence-electron chi connectivity index (χ2n) is 6.07. The van der Waals surface area contributed by atoms with Gasteiger partial charge in [-0.15, -0.1) is 0 Å². The van der Waals surface area contributed by atoms with E-state index in [0.717, 1.165) is 35.5 Å². The number of carbonyl (C=O) groups is 1. The fourth-order valence-corrected chi connectivity index (χ4v) is 2.70. The molecule has 4 heteroatoms. The zero-order valence-corrected chi connectivity index (χ0v) is 15.3. The van der Waals surface area contributed by atoms with Crippen molar-refractivity contribution in [1.82, 2.24) is 5.32 Å². The first-order chi connectivity index (χ1) is 12.1. The van der Waals surface area contributed by atoms with Crippen LogP contribution in [0.3, 0.4) is 0 Å². The molecule has 0 aliphatic carbocycles. The van der Waals surface area contributed by atoms with Crippen molar-refractivity contribution in [3.63, 3.8) is 0 Å². The minimum Gasteiger partial charge on any atom is -0.496 e. The molecule has 0 saturated carbocycles. The quantitative estimate of drug-likeness (QED) is 0.708. The Morgan fingerprint density at radius 1 is 1.08 bits per heavy atom. The molecule has 0 aliphatic rings. The molecule has 0 unspecified atom stereocenters. The van der Waals surface area contributed by atoms with E-state index in [4.69, 9.17) is 9.47 Å². The lowest BCUT2D eigenvalue weighted by atomic mass is 10.1. The van der Waals surface area contributed by atoms with Crippen LogP contribution in [0.15, 0.2) is 42.5 Å². The highest BCUT2D eigenvalue weighted by molar-refractivity contribution is 5.78. The van der Waals surface area contributed by atoms with Gasteiger partial charge in [0.25, 0.3) is 0 Å². The maximum atomic E-state index is 12.0. The summed E-state index contributed by atoms with van der Waals surface area (Å²) in [6, 6.07) is 13.9. The van der Waals surface area contributed by atoms with Gasteiger partial charge in [0.05, 0.1) is 20.1 Å². The zero-order chi connectivity index (χ0) is 18.1. The second kappa shape index (κ2) is 9.72. The third-order valence-electron chi connectivity index (χ3n) is 3.98. The van der Waals surface area contributed by atoms with Crippen LogP contribution in [-0.2, 0) is 17.6 Å². The van der Waals surface area contributed by atoms with Gasteiger partial charge in [0.1, 0.15) is 18.1 Å². The minimum absolute atomic E-state index is 0.00791. The van der Waals surface area contributed by atoms with E-state index in [1.165, 1.54) is 5.56 Å². The molecule has 0 atom stereocenters. The average molecular weight is 341 g/mol. The molecule has 1 N–H and O–H groups in total. The average Bonchev–Trinajstić information content (AvgIpc) is 2.60. The standard InChI is InChI=1S/C21H27NO3/c1-4-5-17-6-9-19(10-7-17)25-13-12-22-21(23)15-18-8-11-20(24-3)16(2)14-18/h6-11,14H,4-5,12-13,15H2,1-3H3,(H,22,23). The van der Waals surface area contributed by atoms with Crippen LogP contribution in [0.4, 0.5) is 0 Å². The van der Waals surface area contributed by atoms with Gasteiger partial charge < -0.3 is 14.8 Å². The Bertz CT molecular complexity index is 680. The summed E-state index contributed by atoms with van der Waals surface area (Å²) in [6.45, 7) is 5.09. The van der Waals surface area contributed by atoms with Crippen molar-refractivity contribution in [2.24, 2.45) is 0 Å². The molecule has 0 fully saturated rings. The number of ether oxygens (including phenoxy) is 2. The maximum Gasteiger partial charge on any atom is 0.224 e. The topological polar surface area (TPSA) is 47.6 Å². The Balaban J connectivity index is 1.70. The largest absolute Gasteiger partial charge is 0.496 e. The SMILES string of the molecule is CCCc1ccc(OCCNC(=O)Cc2ccc(OC)c(C)c2)cc1. The molecule has 0 saturated heterocycles. The van der Waals surface area contributed by atoms with Crippen LogP contribution in [-0.4, -0.2) is 26.2 Å². The molecule has 134 valence electrons. The number of nitrogens with one attached hydrogen (secondary N) is 1. The predicted molar refractivity (Wildman–Crippen MR) is 100 cm³/mol. The second-order valence-corrected chi connectivity index (χ2v) is 6.07. The Morgan fingerprint density at radius 2 is 1.80 bits per heavy atom. The van der Waals surface area contributed by atoms with E-state index >= 15 is 0 Å². The third kappa shape index (κ3) is 6.14. The zero-order valence-electron chi connectivity index (χ0n) is 15.3. The number of carbonyl (C=O) groups excluding carboxylic acids is 1. The number of rotatable bonds is 9. The van der Waals surface area contributed by atoms with Crippen molar-refractivity contribution in [3.8, 4) is 11.5 Å². The number of benzene rings is 2. The number of hydrogen-bond donors (Lipinski definition) is 1. The lowest BCUT2D eigenvalue weighted by molar-refractivity contribution is -0.120. The van der Waals surface area contributed by atoms with E-state index in [0.29, 0.717) is 19.6 Å². The summed E-state index contributed by atoms with van der Waals surface area (Å²) in [7, 11) is 1.64. The summed E-state index contributed by atoms with van der Waals surface area (Å²) >= 11 is 0. The highest BCUT2D eigenvalue weighted by atomic mass is 16.5. The van der Waals surface area contributed by atoms with E-state index in [2.05, 4.69) is 24.4 Å².